The molecule has 0 aliphatic carbocycles. The minimum Gasteiger partial charge on any atom is -0.493 e. The molecule has 1 amide bonds. The third-order valence-corrected chi connectivity index (χ3v) is 4.39. The van der Waals surface area contributed by atoms with Crippen molar-refractivity contribution in [1.82, 2.24) is 9.88 Å². The molecule has 5 nitrogen and oxygen atoms in total. The van der Waals surface area contributed by atoms with Gasteiger partial charge in [-0.2, -0.15) is 0 Å². The number of pyridine rings is 1. The van der Waals surface area contributed by atoms with Crippen molar-refractivity contribution in [3.63, 3.8) is 0 Å². The van der Waals surface area contributed by atoms with E-state index in [1.54, 1.807) is 30.6 Å². The Bertz CT molecular complexity index is 742. The number of likely N-dealkylation sites (tertiary alicyclic amines) is 1. The molecule has 0 bridgehead atoms. The van der Waals surface area contributed by atoms with Gasteiger partial charge in [0.1, 0.15) is 5.75 Å². The fourth-order valence-corrected chi connectivity index (χ4v) is 3.11. The lowest BCUT2D eigenvalue weighted by Crippen LogP contribution is -2.32. The van der Waals surface area contributed by atoms with Gasteiger partial charge in [-0.25, -0.2) is 8.78 Å². The number of hydrogen-bond acceptors (Lipinski definition) is 4. The number of aromatic nitrogens is 1. The van der Waals surface area contributed by atoms with Gasteiger partial charge in [0.15, 0.2) is 11.6 Å². The molecule has 1 aliphatic heterocycles. The van der Waals surface area contributed by atoms with Crippen LogP contribution in [0.2, 0.25) is 0 Å². The SMILES string of the molecule is NC(=O)[C@@H]1CN(Cc2ccc(F)c(F)c2)C[C@H]1COc1ccncc1. The van der Waals surface area contributed by atoms with E-state index in [1.165, 1.54) is 6.07 Å². The lowest BCUT2D eigenvalue weighted by atomic mass is 9.96. The summed E-state index contributed by atoms with van der Waals surface area (Å²) in [5.74, 6) is -1.85. The van der Waals surface area contributed by atoms with Gasteiger partial charge in [-0.15, -0.1) is 0 Å². The Labute approximate surface area is 144 Å². The predicted octanol–water partition coefficient (Wildman–Crippen LogP) is 1.97. The van der Waals surface area contributed by atoms with Crippen molar-refractivity contribution < 1.29 is 18.3 Å². The van der Waals surface area contributed by atoms with Crippen molar-refractivity contribution in [2.24, 2.45) is 17.6 Å². The monoisotopic (exact) mass is 347 g/mol. The predicted molar refractivity (Wildman–Crippen MR) is 87.5 cm³/mol. The van der Waals surface area contributed by atoms with Crippen LogP contribution in [0.15, 0.2) is 42.7 Å². The zero-order chi connectivity index (χ0) is 17.8. The number of halogens is 2. The van der Waals surface area contributed by atoms with Crippen molar-refractivity contribution in [2.75, 3.05) is 19.7 Å². The van der Waals surface area contributed by atoms with Crippen LogP contribution in [0.4, 0.5) is 8.78 Å². The summed E-state index contributed by atoms with van der Waals surface area (Å²) in [6, 6.07) is 7.31. The normalized spacial score (nSPS) is 20.6. The second-order valence-corrected chi connectivity index (χ2v) is 6.21. The van der Waals surface area contributed by atoms with E-state index >= 15 is 0 Å². The van der Waals surface area contributed by atoms with Crippen molar-refractivity contribution in [2.45, 2.75) is 6.54 Å². The van der Waals surface area contributed by atoms with Gasteiger partial charge in [0.05, 0.1) is 12.5 Å². The molecular formula is C18H19F2N3O2. The van der Waals surface area contributed by atoms with Crippen LogP contribution < -0.4 is 10.5 Å². The summed E-state index contributed by atoms with van der Waals surface area (Å²) < 4.78 is 32.1. The van der Waals surface area contributed by atoms with Gasteiger partial charge >= 0.3 is 0 Å². The number of carbonyl (C=O) groups excluding carboxylic acids is 1. The first-order valence-corrected chi connectivity index (χ1v) is 8.01. The topological polar surface area (TPSA) is 68.5 Å². The molecule has 3 rings (SSSR count). The Hall–Kier alpha value is -2.54. The Morgan fingerprint density at radius 3 is 2.64 bits per heavy atom. The van der Waals surface area contributed by atoms with Crippen LogP contribution in [0.5, 0.6) is 5.75 Å². The van der Waals surface area contributed by atoms with E-state index in [0.29, 0.717) is 37.6 Å². The fraction of sp³-hybridized carbons (Fsp3) is 0.333. The number of nitrogens with two attached hydrogens (primary N) is 1. The van der Waals surface area contributed by atoms with E-state index in [4.69, 9.17) is 10.5 Å². The van der Waals surface area contributed by atoms with E-state index in [-0.39, 0.29) is 17.7 Å². The number of carbonyl (C=O) groups is 1. The summed E-state index contributed by atoms with van der Waals surface area (Å²) in [7, 11) is 0. The van der Waals surface area contributed by atoms with Crippen LogP contribution in [0.1, 0.15) is 5.56 Å². The second kappa shape index (κ2) is 7.57. The van der Waals surface area contributed by atoms with Gasteiger partial charge in [0.2, 0.25) is 5.91 Å². The van der Waals surface area contributed by atoms with Gasteiger partial charge in [-0.1, -0.05) is 6.07 Å². The molecule has 0 unspecified atom stereocenters. The van der Waals surface area contributed by atoms with Crippen molar-refractivity contribution >= 4 is 5.91 Å². The minimum atomic E-state index is -0.874. The molecule has 1 aromatic carbocycles. The molecule has 1 aliphatic rings. The fourth-order valence-electron chi connectivity index (χ4n) is 3.11. The molecule has 1 aromatic heterocycles. The average molecular weight is 347 g/mol. The molecule has 0 saturated carbocycles. The molecule has 2 heterocycles. The Morgan fingerprint density at radius 1 is 1.20 bits per heavy atom. The van der Waals surface area contributed by atoms with Gasteiger partial charge in [0, 0.05) is 37.9 Å². The molecule has 0 radical (unpaired) electrons. The molecule has 0 spiro atoms. The zero-order valence-electron chi connectivity index (χ0n) is 13.6. The molecule has 7 heteroatoms. The lowest BCUT2D eigenvalue weighted by Gasteiger charge is -2.17. The van der Waals surface area contributed by atoms with Gasteiger partial charge < -0.3 is 10.5 Å². The van der Waals surface area contributed by atoms with Crippen LogP contribution in [0.25, 0.3) is 0 Å². The van der Waals surface area contributed by atoms with Crippen LogP contribution in [-0.2, 0) is 11.3 Å². The summed E-state index contributed by atoms with van der Waals surface area (Å²) in [5.41, 5.74) is 6.17. The number of hydrogen-bond donors (Lipinski definition) is 1. The van der Waals surface area contributed by atoms with E-state index in [2.05, 4.69) is 4.98 Å². The molecule has 2 N–H and O–H groups in total. The third kappa shape index (κ3) is 4.30. The molecule has 1 fully saturated rings. The number of amides is 1. The maximum absolute atomic E-state index is 13.4. The largest absolute Gasteiger partial charge is 0.493 e. The standard InChI is InChI=1S/C18H19F2N3O2/c19-16-2-1-12(7-17(16)20)8-23-9-13(15(10-23)18(21)24)11-25-14-3-5-22-6-4-14/h1-7,13,15H,8-11H2,(H2,21,24)/t13-,15+/m0/s1. The van der Waals surface area contributed by atoms with Crippen LogP contribution in [-0.4, -0.2) is 35.5 Å². The number of nitrogens with zero attached hydrogens (tertiary/aromatic N) is 2. The maximum Gasteiger partial charge on any atom is 0.222 e. The summed E-state index contributed by atoms with van der Waals surface area (Å²) >= 11 is 0. The second-order valence-electron chi connectivity index (χ2n) is 6.21. The number of ether oxygens (including phenoxy) is 1. The van der Waals surface area contributed by atoms with Crippen molar-refractivity contribution in [1.29, 1.82) is 0 Å². The molecular weight excluding hydrogens is 328 g/mol. The van der Waals surface area contributed by atoms with Crippen molar-refractivity contribution in [3.05, 3.63) is 59.9 Å². The molecule has 2 aromatic rings. The first-order chi connectivity index (χ1) is 12.0. The van der Waals surface area contributed by atoms with Crippen LogP contribution in [0, 0.1) is 23.5 Å². The van der Waals surface area contributed by atoms with Gasteiger partial charge in [-0.3, -0.25) is 14.7 Å². The Kier molecular flexibility index (Phi) is 5.23. The third-order valence-electron chi connectivity index (χ3n) is 4.39. The highest BCUT2D eigenvalue weighted by Crippen LogP contribution is 2.26. The summed E-state index contributed by atoms with van der Waals surface area (Å²) in [5, 5.41) is 0. The van der Waals surface area contributed by atoms with E-state index in [9.17, 15) is 13.6 Å². The van der Waals surface area contributed by atoms with Crippen LogP contribution >= 0.6 is 0 Å². The highest BCUT2D eigenvalue weighted by Gasteiger charge is 2.36. The van der Waals surface area contributed by atoms with E-state index in [1.807, 2.05) is 4.90 Å². The Morgan fingerprint density at radius 2 is 1.96 bits per heavy atom. The number of benzene rings is 1. The van der Waals surface area contributed by atoms with Gasteiger partial charge in [-0.05, 0) is 29.8 Å². The average Bonchev–Trinajstić information content (AvgIpc) is 3.00. The molecule has 1 saturated heterocycles. The highest BCUT2D eigenvalue weighted by atomic mass is 19.2. The van der Waals surface area contributed by atoms with Crippen LogP contribution in [0.3, 0.4) is 0 Å². The minimum absolute atomic E-state index is 0.0593. The zero-order valence-corrected chi connectivity index (χ0v) is 13.6. The lowest BCUT2D eigenvalue weighted by molar-refractivity contribution is -0.122. The maximum atomic E-state index is 13.4. The molecule has 2 atom stereocenters. The van der Waals surface area contributed by atoms with Gasteiger partial charge in [0.25, 0.3) is 0 Å². The highest BCUT2D eigenvalue weighted by molar-refractivity contribution is 5.77. The van der Waals surface area contributed by atoms with E-state index < -0.39 is 11.6 Å². The smallest absolute Gasteiger partial charge is 0.222 e. The Balaban J connectivity index is 1.63. The van der Waals surface area contributed by atoms with Crippen molar-refractivity contribution in [3.8, 4) is 5.75 Å². The molecule has 25 heavy (non-hydrogen) atoms. The van der Waals surface area contributed by atoms with E-state index in [0.717, 1.165) is 6.07 Å². The number of rotatable bonds is 6. The molecule has 132 valence electrons. The number of primary amides is 1. The quantitative estimate of drug-likeness (QED) is 0.867. The summed E-state index contributed by atoms with van der Waals surface area (Å²) in [4.78, 5) is 17.7. The summed E-state index contributed by atoms with van der Waals surface area (Å²) in [6.07, 6.45) is 3.26. The summed E-state index contributed by atoms with van der Waals surface area (Å²) in [6.45, 7) is 1.84. The first-order valence-electron chi connectivity index (χ1n) is 8.01. The first kappa shape index (κ1) is 17.3.